The zero-order chi connectivity index (χ0) is 19.8. The highest BCUT2D eigenvalue weighted by Gasteiger charge is 2.60. The van der Waals surface area contributed by atoms with Gasteiger partial charge in [-0.25, -0.2) is 0 Å². The van der Waals surface area contributed by atoms with E-state index in [1.807, 2.05) is 19.9 Å². The van der Waals surface area contributed by atoms with Crippen LogP contribution in [0.3, 0.4) is 0 Å². The number of aliphatic hydroxyl groups excluding tert-OH is 3. The minimum atomic E-state index is -1.23. The summed E-state index contributed by atoms with van der Waals surface area (Å²) in [5, 5.41) is 31.4. The number of allylic oxidation sites excluding steroid dienone is 1. The van der Waals surface area contributed by atoms with Crippen molar-refractivity contribution in [3.63, 3.8) is 0 Å². The number of carbonyl (C=O) groups excluding carboxylic acids is 1. The molecule has 3 N–H and O–H groups in total. The van der Waals surface area contributed by atoms with E-state index in [9.17, 15) is 20.1 Å². The Kier molecular flexibility index (Phi) is 4.02. The molecular weight excluding hydrogens is 364 g/mol. The maximum absolute atomic E-state index is 13.1. The normalized spacial score (nSPS) is 52.6. The molecule has 7 heteroatoms. The summed E-state index contributed by atoms with van der Waals surface area (Å²) in [5.74, 6) is -1.75. The third-order valence-corrected chi connectivity index (χ3v) is 7.96. The van der Waals surface area contributed by atoms with E-state index in [-0.39, 0.29) is 23.9 Å². The van der Waals surface area contributed by atoms with Gasteiger partial charge in [-0.05, 0) is 37.2 Å². The van der Waals surface area contributed by atoms with Crippen molar-refractivity contribution in [2.24, 2.45) is 23.2 Å². The molecule has 7 nitrogen and oxygen atoms in total. The van der Waals surface area contributed by atoms with Gasteiger partial charge in [-0.2, -0.15) is 0 Å². The smallest absolute Gasteiger partial charge is 0.309 e. The number of fused-ring (bicyclic) bond motifs is 3. The Balaban J connectivity index is 1.53. The molecule has 0 radical (unpaired) electrons. The standard InChI is InChI=1S/C21H28O7/c1-20-11(7-14(22)17(23)18(20)24)4-5-12-13(20)6-3-10-8-26-21(2)16(10)15(9-27-21)28-19(12)25/h4,8,12-18,22-24H,3,5-7,9H2,1-2H3/t12-,13+,14-,15?,16-,17+,18-,20+,21+/m1/s1. The molecule has 28 heavy (non-hydrogen) atoms. The van der Waals surface area contributed by atoms with E-state index in [1.54, 1.807) is 6.26 Å². The molecule has 5 aliphatic rings. The van der Waals surface area contributed by atoms with Crippen molar-refractivity contribution in [1.29, 1.82) is 0 Å². The van der Waals surface area contributed by atoms with Gasteiger partial charge in [0.05, 0.1) is 36.9 Å². The predicted octanol–water partition coefficient (Wildman–Crippen LogP) is 1.02. The third-order valence-electron chi connectivity index (χ3n) is 7.96. The Bertz CT molecular complexity index is 760. The van der Waals surface area contributed by atoms with Crippen molar-refractivity contribution in [2.45, 2.75) is 69.7 Å². The summed E-state index contributed by atoms with van der Waals surface area (Å²) in [6.07, 6.45) is 2.20. The quantitative estimate of drug-likeness (QED) is 0.418. The first kappa shape index (κ1) is 18.6. The van der Waals surface area contributed by atoms with Crippen LogP contribution in [0.5, 0.6) is 0 Å². The van der Waals surface area contributed by atoms with Crippen LogP contribution in [-0.4, -0.2) is 58.1 Å². The number of esters is 1. The van der Waals surface area contributed by atoms with Crippen molar-refractivity contribution >= 4 is 5.97 Å². The fourth-order valence-corrected chi connectivity index (χ4v) is 6.29. The first-order valence-corrected chi connectivity index (χ1v) is 10.2. The first-order valence-electron chi connectivity index (χ1n) is 10.2. The van der Waals surface area contributed by atoms with Crippen molar-refractivity contribution in [1.82, 2.24) is 0 Å². The molecule has 9 atom stereocenters. The summed E-state index contributed by atoms with van der Waals surface area (Å²) in [6, 6.07) is 0. The van der Waals surface area contributed by atoms with Crippen molar-refractivity contribution in [3.05, 3.63) is 23.5 Å². The molecule has 154 valence electrons. The fraction of sp³-hybridized carbons (Fsp3) is 0.762. The lowest BCUT2D eigenvalue weighted by molar-refractivity contribution is -0.169. The monoisotopic (exact) mass is 392 g/mol. The second-order valence-electron chi connectivity index (χ2n) is 9.30. The fourth-order valence-electron chi connectivity index (χ4n) is 6.29. The van der Waals surface area contributed by atoms with Crippen molar-refractivity contribution in [3.8, 4) is 0 Å². The highest BCUT2D eigenvalue weighted by Crippen LogP contribution is 2.56. The highest BCUT2D eigenvalue weighted by molar-refractivity contribution is 5.74. The van der Waals surface area contributed by atoms with Crippen LogP contribution in [0.4, 0.5) is 0 Å². The van der Waals surface area contributed by atoms with Crippen LogP contribution in [0, 0.1) is 23.2 Å². The number of hydrogen-bond acceptors (Lipinski definition) is 7. The number of rotatable bonds is 0. The molecule has 3 fully saturated rings. The molecule has 0 aromatic carbocycles. The lowest BCUT2D eigenvalue weighted by Crippen LogP contribution is -2.59. The van der Waals surface area contributed by atoms with Gasteiger partial charge in [-0.3, -0.25) is 4.79 Å². The number of ether oxygens (including phenoxy) is 3. The van der Waals surface area contributed by atoms with Crippen LogP contribution >= 0.6 is 0 Å². The van der Waals surface area contributed by atoms with E-state index in [2.05, 4.69) is 0 Å². The summed E-state index contributed by atoms with van der Waals surface area (Å²) in [6.45, 7) is 4.10. The molecule has 3 aliphatic heterocycles. The van der Waals surface area contributed by atoms with E-state index in [0.29, 0.717) is 32.3 Å². The summed E-state index contributed by atoms with van der Waals surface area (Å²) in [4.78, 5) is 13.1. The zero-order valence-corrected chi connectivity index (χ0v) is 16.2. The van der Waals surface area contributed by atoms with Gasteiger partial charge in [0.25, 0.3) is 0 Å². The van der Waals surface area contributed by atoms with Gasteiger partial charge in [0.1, 0.15) is 12.2 Å². The molecule has 2 aliphatic carbocycles. The third kappa shape index (κ3) is 2.33. The van der Waals surface area contributed by atoms with Gasteiger partial charge in [-0.1, -0.05) is 18.6 Å². The number of aliphatic hydroxyl groups is 3. The summed E-state index contributed by atoms with van der Waals surface area (Å²) in [5.41, 5.74) is 1.22. The van der Waals surface area contributed by atoms with Crippen LogP contribution in [-0.2, 0) is 19.0 Å². The average Bonchev–Trinajstić information content (AvgIpc) is 3.16. The van der Waals surface area contributed by atoms with Gasteiger partial charge in [-0.15, -0.1) is 0 Å². The van der Waals surface area contributed by atoms with Crippen LogP contribution in [0.1, 0.15) is 39.5 Å². The lowest BCUT2D eigenvalue weighted by atomic mass is 9.53. The van der Waals surface area contributed by atoms with Gasteiger partial charge < -0.3 is 29.5 Å². The largest absolute Gasteiger partial charge is 0.469 e. The minimum absolute atomic E-state index is 0.111. The molecular formula is C21H28O7. The second-order valence-corrected chi connectivity index (χ2v) is 9.30. The summed E-state index contributed by atoms with van der Waals surface area (Å²) >= 11 is 0. The zero-order valence-electron chi connectivity index (χ0n) is 16.2. The van der Waals surface area contributed by atoms with Gasteiger partial charge in [0.2, 0.25) is 5.79 Å². The average molecular weight is 392 g/mol. The van der Waals surface area contributed by atoms with Crippen LogP contribution in [0.25, 0.3) is 0 Å². The van der Waals surface area contributed by atoms with E-state index < -0.39 is 35.4 Å². The van der Waals surface area contributed by atoms with Crippen LogP contribution in [0.2, 0.25) is 0 Å². The maximum Gasteiger partial charge on any atom is 0.309 e. The Hall–Kier alpha value is -1.41. The van der Waals surface area contributed by atoms with E-state index in [0.717, 1.165) is 11.1 Å². The Labute approximate surface area is 164 Å². The molecule has 5 rings (SSSR count). The van der Waals surface area contributed by atoms with Gasteiger partial charge >= 0.3 is 5.97 Å². The Morgan fingerprint density at radius 1 is 1.21 bits per heavy atom. The maximum atomic E-state index is 13.1. The van der Waals surface area contributed by atoms with Gasteiger partial charge in [0.15, 0.2) is 0 Å². The molecule has 0 bridgehead atoms. The summed E-state index contributed by atoms with van der Waals surface area (Å²) < 4.78 is 17.5. The molecule has 0 amide bonds. The minimum Gasteiger partial charge on any atom is -0.469 e. The molecule has 1 unspecified atom stereocenters. The van der Waals surface area contributed by atoms with Crippen molar-refractivity contribution in [2.75, 3.05) is 6.61 Å². The number of hydrogen-bond donors (Lipinski definition) is 3. The van der Waals surface area contributed by atoms with Crippen LogP contribution < -0.4 is 0 Å². The first-order chi connectivity index (χ1) is 13.3. The van der Waals surface area contributed by atoms with E-state index in [1.165, 1.54) is 0 Å². The molecule has 1 saturated carbocycles. The van der Waals surface area contributed by atoms with Crippen LogP contribution in [0.15, 0.2) is 23.5 Å². The molecule has 0 spiro atoms. The van der Waals surface area contributed by atoms with Gasteiger partial charge in [0, 0.05) is 12.3 Å². The topological polar surface area (TPSA) is 105 Å². The van der Waals surface area contributed by atoms with E-state index in [4.69, 9.17) is 14.2 Å². The number of carbonyl (C=O) groups is 1. The highest BCUT2D eigenvalue weighted by atomic mass is 16.7. The Morgan fingerprint density at radius 3 is 2.79 bits per heavy atom. The lowest BCUT2D eigenvalue weighted by Gasteiger charge is -2.53. The molecule has 2 saturated heterocycles. The Morgan fingerprint density at radius 2 is 2.00 bits per heavy atom. The predicted molar refractivity (Wildman–Crippen MR) is 96.6 cm³/mol. The SMILES string of the molecule is C[C@]12OC=C3CC[C@H]4[C@@H](CC=C5C[C@@H](O)[C@H](O)[C@@H](O)[C@@]54C)C(=O)OC(CO1)[C@@H]32. The molecule has 3 heterocycles. The summed E-state index contributed by atoms with van der Waals surface area (Å²) in [7, 11) is 0. The second kappa shape index (κ2) is 6.05. The molecule has 0 aromatic heterocycles. The van der Waals surface area contributed by atoms with Crippen molar-refractivity contribution < 1.29 is 34.3 Å². The van der Waals surface area contributed by atoms with E-state index >= 15 is 0 Å². The molecule has 0 aromatic rings.